The SMILES string of the molecule is CC1=NC(/C=C(\C)[C@@H]2C[C@@H]3OC(=O)NC3CCCC(C)[C@H](O)[C@@H](C)C(=O)C(C)(C)C(O)CC(=O)O2)CS1. The lowest BCUT2D eigenvalue weighted by Gasteiger charge is -2.34. The van der Waals surface area contributed by atoms with Crippen molar-refractivity contribution in [3.63, 3.8) is 0 Å². The molecule has 2 saturated heterocycles. The van der Waals surface area contributed by atoms with Crippen molar-refractivity contribution in [2.24, 2.45) is 22.2 Å². The van der Waals surface area contributed by atoms with Crippen molar-refractivity contribution in [2.75, 3.05) is 5.75 Å². The first-order valence-corrected chi connectivity index (χ1v) is 14.2. The number of cyclic esters (lactones) is 1. The normalized spacial score (nSPS) is 38.3. The van der Waals surface area contributed by atoms with E-state index < -0.39 is 47.8 Å². The van der Waals surface area contributed by atoms with Crippen molar-refractivity contribution in [1.29, 1.82) is 0 Å². The molecule has 0 aromatic carbocycles. The van der Waals surface area contributed by atoms with E-state index in [0.29, 0.717) is 19.3 Å². The Labute approximate surface area is 223 Å². The van der Waals surface area contributed by atoms with E-state index >= 15 is 0 Å². The lowest BCUT2D eigenvalue weighted by Crippen LogP contribution is -2.46. The molecule has 37 heavy (non-hydrogen) atoms. The predicted octanol–water partition coefficient (Wildman–Crippen LogP) is 3.41. The molecule has 10 heteroatoms. The third-order valence-corrected chi connectivity index (χ3v) is 9.05. The van der Waals surface area contributed by atoms with E-state index in [9.17, 15) is 24.6 Å². The number of aliphatic imine (C=N–C) groups is 1. The molecule has 0 radical (unpaired) electrons. The Balaban J connectivity index is 1.89. The Hall–Kier alpha value is -1.91. The smallest absolute Gasteiger partial charge is 0.407 e. The van der Waals surface area contributed by atoms with Crippen LogP contribution in [0.3, 0.4) is 0 Å². The molecule has 1 amide bonds. The minimum absolute atomic E-state index is 0.0272. The maximum Gasteiger partial charge on any atom is 0.407 e. The van der Waals surface area contributed by atoms with Gasteiger partial charge in [0.1, 0.15) is 18.0 Å². The number of esters is 1. The van der Waals surface area contributed by atoms with Crippen LogP contribution in [0.4, 0.5) is 4.79 Å². The van der Waals surface area contributed by atoms with Gasteiger partial charge in [0.15, 0.2) is 0 Å². The van der Waals surface area contributed by atoms with Crippen LogP contribution in [-0.2, 0) is 19.1 Å². The minimum Gasteiger partial charge on any atom is -0.458 e. The zero-order valence-electron chi connectivity index (χ0n) is 22.7. The summed E-state index contributed by atoms with van der Waals surface area (Å²) in [7, 11) is 0. The van der Waals surface area contributed by atoms with Crippen LogP contribution in [0.25, 0.3) is 0 Å². The van der Waals surface area contributed by atoms with Crippen LogP contribution < -0.4 is 5.32 Å². The van der Waals surface area contributed by atoms with Gasteiger partial charge in [0.05, 0.1) is 41.2 Å². The van der Waals surface area contributed by atoms with Gasteiger partial charge in [-0.25, -0.2) is 4.79 Å². The summed E-state index contributed by atoms with van der Waals surface area (Å²) < 4.78 is 11.4. The van der Waals surface area contributed by atoms with Gasteiger partial charge in [-0.05, 0) is 38.2 Å². The Bertz CT molecular complexity index is 934. The number of thioether (sulfide) groups is 1. The molecule has 208 valence electrons. The highest BCUT2D eigenvalue weighted by Crippen LogP contribution is 2.33. The average Bonchev–Trinajstić information content (AvgIpc) is 3.40. The van der Waals surface area contributed by atoms with Crippen LogP contribution in [0.1, 0.15) is 73.6 Å². The fourth-order valence-corrected chi connectivity index (χ4v) is 6.16. The summed E-state index contributed by atoms with van der Waals surface area (Å²) in [6.45, 7) is 10.6. The number of nitrogens with zero attached hydrogens (tertiary/aromatic N) is 1. The second kappa shape index (κ2) is 12.3. The number of carbonyl (C=O) groups is 3. The van der Waals surface area contributed by atoms with Crippen molar-refractivity contribution in [1.82, 2.24) is 5.32 Å². The first-order chi connectivity index (χ1) is 17.3. The number of aliphatic hydroxyl groups is 2. The first kappa shape index (κ1) is 29.6. The van der Waals surface area contributed by atoms with E-state index in [1.807, 2.05) is 26.8 Å². The molecule has 0 saturated carbocycles. The van der Waals surface area contributed by atoms with E-state index in [1.54, 1.807) is 32.5 Å². The second-order valence-electron chi connectivity index (χ2n) is 11.3. The topological polar surface area (TPSA) is 135 Å². The van der Waals surface area contributed by atoms with Gasteiger partial charge in [-0.1, -0.05) is 40.2 Å². The van der Waals surface area contributed by atoms with Crippen LogP contribution in [0.2, 0.25) is 0 Å². The van der Waals surface area contributed by atoms with Crippen molar-refractivity contribution in [2.45, 2.75) is 110 Å². The number of alkyl carbamates (subject to hydrolysis) is 1. The Kier molecular flexibility index (Phi) is 9.85. The van der Waals surface area contributed by atoms with Gasteiger partial charge in [0, 0.05) is 18.1 Å². The molecule has 0 aromatic rings. The van der Waals surface area contributed by atoms with Crippen LogP contribution in [-0.4, -0.2) is 75.4 Å². The lowest BCUT2D eigenvalue weighted by atomic mass is 9.73. The van der Waals surface area contributed by atoms with Gasteiger partial charge in [-0.15, -0.1) is 11.8 Å². The monoisotopic (exact) mass is 538 g/mol. The number of aliphatic hydroxyl groups excluding tert-OH is 2. The lowest BCUT2D eigenvalue weighted by molar-refractivity contribution is -0.155. The van der Waals surface area contributed by atoms with Gasteiger partial charge in [-0.2, -0.15) is 0 Å². The molecule has 0 bridgehead atoms. The molecule has 3 heterocycles. The number of nitrogens with one attached hydrogen (secondary N) is 1. The summed E-state index contributed by atoms with van der Waals surface area (Å²) in [5.74, 6) is -1.00. The quantitative estimate of drug-likeness (QED) is 0.360. The number of amides is 1. The van der Waals surface area contributed by atoms with E-state index in [0.717, 1.165) is 16.4 Å². The molecule has 0 aliphatic carbocycles. The second-order valence-corrected chi connectivity index (χ2v) is 12.6. The molecule has 0 spiro atoms. The summed E-state index contributed by atoms with van der Waals surface area (Å²) in [6, 6.07) is -0.287. The molecular formula is C27H42N2O7S. The molecule has 9 nitrogen and oxygen atoms in total. The summed E-state index contributed by atoms with van der Waals surface area (Å²) in [5.41, 5.74) is -0.449. The molecule has 3 rings (SSSR count). The van der Waals surface area contributed by atoms with Gasteiger partial charge >= 0.3 is 12.1 Å². The Morgan fingerprint density at radius 3 is 2.51 bits per heavy atom. The van der Waals surface area contributed by atoms with Crippen LogP contribution in [0.15, 0.2) is 16.6 Å². The fraction of sp³-hybridized carbons (Fsp3) is 0.778. The number of fused-ring (bicyclic) bond motifs is 1. The van der Waals surface area contributed by atoms with Crippen molar-refractivity contribution < 1.29 is 34.1 Å². The van der Waals surface area contributed by atoms with E-state index in [4.69, 9.17) is 9.47 Å². The molecule has 4 unspecified atom stereocenters. The Morgan fingerprint density at radius 2 is 1.86 bits per heavy atom. The largest absolute Gasteiger partial charge is 0.458 e. The molecule has 3 aliphatic rings. The molecular weight excluding hydrogens is 496 g/mol. The van der Waals surface area contributed by atoms with Crippen molar-refractivity contribution in [3.05, 3.63) is 11.6 Å². The number of ether oxygens (including phenoxy) is 2. The van der Waals surface area contributed by atoms with Crippen LogP contribution in [0, 0.1) is 17.3 Å². The van der Waals surface area contributed by atoms with E-state index in [2.05, 4.69) is 10.3 Å². The fourth-order valence-electron chi connectivity index (χ4n) is 5.37. The highest BCUT2D eigenvalue weighted by molar-refractivity contribution is 8.14. The highest BCUT2D eigenvalue weighted by Gasteiger charge is 2.43. The number of rotatable bonds is 2. The summed E-state index contributed by atoms with van der Waals surface area (Å²) in [4.78, 5) is 43.0. The molecule has 0 aromatic heterocycles. The summed E-state index contributed by atoms with van der Waals surface area (Å²) >= 11 is 1.67. The molecule has 3 aliphatic heterocycles. The maximum absolute atomic E-state index is 13.3. The number of ketones is 1. The van der Waals surface area contributed by atoms with Crippen molar-refractivity contribution in [3.8, 4) is 0 Å². The van der Waals surface area contributed by atoms with E-state index in [1.165, 1.54) is 0 Å². The zero-order valence-corrected chi connectivity index (χ0v) is 23.5. The number of Topliss-reactive ketones (excluding diaryl/α,β-unsaturated/α-hetero) is 1. The van der Waals surface area contributed by atoms with Gasteiger partial charge in [-0.3, -0.25) is 14.6 Å². The predicted molar refractivity (Wildman–Crippen MR) is 142 cm³/mol. The molecule has 2 fully saturated rings. The van der Waals surface area contributed by atoms with Crippen LogP contribution >= 0.6 is 11.8 Å². The molecule has 8 atom stereocenters. The third-order valence-electron chi connectivity index (χ3n) is 8.02. The minimum atomic E-state index is -1.28. The van der Waals surface area contributed by atoms with Crippen molar-refractivity contribution >= 4 is 34.7 Å². The number of hydrogen-bond donors (Lipinski definition) is 3. The average molecular weight is 539 g/mol. The summed E-state index contributed by atoms with van der Waals surface area (Å²) in [5, 5.41) is 25.6. The number of carbonyl (C=O) groups excluding carboxylic acids is 3. The van der Waals surface area contributed by atoms with Gasteiger partial charge in [0.2, 0.25) is 0 Å². The Morgan fingerprint density at radius 1 is 1.16 bits per heavy atom. The highest BCUT2D eigenvalue weighted by atomic mass is 32.2. The third kappa shape index (κ3) is 7.35. The van der Waals surface area contributed by atoms with Gasteiger partial charge < -0.3 is 25.0 Å². The van der Waals surface area contributed by atoms with Gasteiger partial charge in [0.25, 0.3) is 0 Å². The molecule has 3 N–H and O–H groups in total. The van der Waals surface area contributed by atoms with E-state index in [-0.39, 0.29) is 36.6 Å². The zero-order chi connectivity index (χ0) is 27.5. The standard InChI is InChI=1S/C27H42N2O7S/c1-14-8-7-9-19-21(36-26(34)29-19)11-20(15(2)10-18-13-37-17(4)28-18)35-23(31)12-22(30)27(5,6)25(33)16(3)24(14)32/h10,14,16,18-22,24,30,32H,7-9,11-13H2,1-6H3,(H,29,34)/b15-10+/t14?,16-,18?,19?,20+,21+,22?,24+/m1/s1. The first-order valence-electron chi connectivity index (χ1n) is 13.2. The summed E-state index contributed by atoms with van der Waals surface area (Å²) in [6.07, 6.45) is 0.0404. The number of hydrogen-bond acceptors (Lipinski definition) is 9. The maximum atomic E-state index is 13.3. The van der Waals surface area contributed by atoms with Crippen LogP contribution in [0.5, 0.6) is 0 Å².